The SMILES string of the molecule is O=C(O)C(F)(F)F.O=C(c1cscn1)N1CCO[C@H]2[C@@H](Oc3ccccn3)CC[C@@H]21. The summed E-state index contributed by atoms with van der Waals surface area (Å²) in [7, 11) is 0. The lowest BCUT2D eigenvalue weighted by atomic mass is 10.1. The Morgan fingerprint density at radius 1 is 1.27 bits per heavy atom. The second-order valence-electron chi connectivity index (χ2n) is 6.48. The molecule has 162 valence electrons. The number of rotatable bonds is 3. The van der Waals surface area contributed by atoms with Gasteiger partial charge in [-0.25, -0.2) is 14.8 Å². The Morgan fingerprint density at radius 3 is 2.63 bits per heavy atom. The standard InChI is InChI=1S/C16H17N3O3S.C2HF3O2/c20-16(11-9-23-10-18-11)19-7-8-21-15-12(19)4-5-13(15)22-14-3-1-2-6-17-14;3-2(4,5)1(6)7/h1-3,6,9-10,12-13,15H,4-5,7-8H2;(H,6,7)/t12-,13-,15+;/m0./s1. The first-order valence-electron chi connectivity index (χ1n) is 8.96. The van der Waals surface area contributed by atoms with Crippen LogP contribution in [0.25, 0.3) is 0 Å². The number of fused-ring (bicyclic) bond motifs is 1. The molecule has 1 aliphatic carbocycles. The van der Waals surface area contributed by atoms with E-state index in [1.54, 1.807) is 17.1 Å². The summed E-state index contributed by atoms with van der Waals surface area (Å²) >= 11 is 1.44. The molecule has 30 heavy (non-hydrogen) atoms. The molecule has 0 unspecified atom stereocenters. The molecule has 0 aromatic carbocycles. The lowest BCUT2D eigenvalue weighted by molar-refractivity contribution is -0.192. The zero-order valence-corrected chi connectivity index (χ0v) is 16.3. The van der Waals surface area contributed by atoms with Gasteiger partial charge in [0.05, 0.1) is 18.2 Å². The van der Waals surface area contributed by atoms with Crippen LogP contribution < -0.4 is 4.74 Å². The molecule has 2 aromatic heterocycles. The van der Waals surface area contributed by atoms with Crippen molar-refractivity contribution in [2.45, 2.75) is 37.3 Å². The number of hydrogen-bond acceptors (Lipinski definition) is 7. The highest BCUT2D eigenvalue weighted by Crippen LogP contribution is 2.33. The van der Waals surface area contributed by atoms with Crippen LogP contribution in [0.2, 0.25) is 0 Å². The summed E-state index contributed by atoms with van der Waals surface area (Å²) < 4.78 is 43.6. The predicted molar refractivity (Wildman–Crippen MR) is 98.3 cm³/mol. The molecule has 2 fully saturated rings. The third-order valence-corrected chi connectivity index (χ3v) is 5.19. The molecule has 1 aliphatic heterocycles. The van der Waals surface area contributed by atoms with Gasteiger partial charge in [0.15, 0.2) is 0 Å². The van der Waals surface area contributed by atoms with Crippen LogP contribution in [0.4, 0.5) is 13.2 Å². The number of halogens is 3. The average molecular weight is 445 g/mol. The van der Waals surface area contributed by atoms with Gasteiger partial charge in [-0.1, -0.05) is 6.07 Å². The molecule has 0 spiro atoms. The topological polar surface area (TPSA) is 102 Å². The molecule has 4 rings (SSSR count). The van der Waals surface area contributed by atoms with Crippen molar-refractivity contribution in [3.8, 4) is 5.88 Å². The quantitative estimate of drug-likeness (QED) is 0.775. The normalized spacial score (nSPS) is 23.2. The Hall–Kier alpha value is -2.73. The maximum Gasteiger partial charge on any atom is 0.490 e. The monoisotopic (exact) mass is 445 g/mol. The first-order chi connectivity index (χ1) is 14.3. The van der Waals surface area contributed by atoms with Crippen molar-refractivity contribution in [2.24, 2.45) is 0 Å². The van der Waals surface area contributed by atoms with Gasteiger partial charge in [0.2, 0.25) is 5.88 Å². The van der Waals surface area contributed by atoms with E-state index < -0.39 is 12.1 Å². The molecular formula is C18H18F3N3O5S. The average Bonchev–Trinajstić information content (AvgIpc) is 3.38. The Balaban J connectivity index is 0.000000318. The summed E-state index contributed by atoms with van der Waals surface area (Å²) in [5.74, 6) is -2.17. The van der Waals surface area contributed by atoms with Crippen molar-refractivity contribution >= 4 is 23.2 Å². The van der Waals surface area contributed by atoms with Crippen LogP contribution in [0.15, 0.2) is 35.3 Å². The third kappa shape index (κ3) is 5.25. The van der Waals surface area contributed by atoms with Gasteiger partial charge in [0, 0.05) is 24.2 Å². The number of aliphatic carboxylic acids is 1. The molecule has 1 saturated carbocycles. The molecule has 0 bridgehead atoms. The molecule has 3 atom stereocenters. The first-order valence-corrected chi connectivity index (χ1v) is 9.90. The maximum absolute atomic E-state index is 12.6. The van der Waals surface area contributed by atoms with E-state index in [-0.39, 0.29) is 24.2 Å². The fourth-order valence-electron chi connectivity index (χ4n) is 3.33. The highest BCUT2D eigenvalue weighted by atomic mass is 32.1. The number of hydrogen-bond donors (Lipinski definition) is 1. The van der Waals surface area contributed by atoms with E-state index in [9.17, 15) is 18.0 Å². The van der Waals surface area contributed by atoms with Crippen molar-refractivity contribution in [3.05, 3.63) is 41.0 Å². The van der Waals surface area contributed by atoms with Crippen molar-refractivity contribution in [1.29, 1.82) is 0 Å². The zero-order valence-electron chi connectivity index (χ0n) is 15.5. The number of carboxylic acids is 1. The number of pyridine rings is 1. The van der Waals surface area contributed by atoms with Crippen molar-refractivity contribution < 1.29 is 37.3 Å². The first kappa shape index (κ1) is 22.0. The van der Waals surface area contributed by atoms with E-state index in [1.807, 2.05) is 23.1 Å². The minimum Gasteiger partial charge on any atom is -0.475 e. The molecule has 0 radical (unpaired) electrons. The molecule has 12 heteroatoms. The molecule has 8 nitrogen and oxygen atoms in total. The van der Waals surface area contributed by atoms with E-state index in [4.69, 9.17) is 19.4 Å². The highest BCUT2D eigenvalue weighted by molar-refractivity contribution is 7.07. The maximum atomic E-state index is 12.6. The second kappa shape index (κ2) is 9.39. The highest BCUT2D eigenvalue weighted by Gasteiger charge is 2.46. The fraction of sp³-hybridized carbons (Fsp3) is 0.444. The number of morpholine rings is 1. The molecule has 1 amide bonds. The summed E-state index contributed by atoms with van der Waals surface area (Å²) in [4.78, 5) is 31.8. The van der Waals surface area contributed by atoms with Gasteiger partial charge in [0.1, 0.15) is 17.9 Å². The largest absolute Gasteiger partial charge is 0.490 e. The van der Waals surface area contributed by atoms with E-state index >= 15 is 0 Å². The molecule has 1 N–H and O–H groups in total. The summed E-state index contributed by atoms with van der Waals surface area (Å²) in [6.45, 7) is 1.13. The van der Waals surface area contributed by atoms with Crippen LogP contribution in [-0.2, 0) is 9.53 Å². The van der Waals surface area contributed by atoms with Gasteiger partial charge in [-0.3, -0.25) is 4.79 Å². The number of carboxylic acid groups (broad SMARTS) is 1. The van der Waals surface area contributed by atoms with Gasteiger partial charge >= 0.3 is 12.1 Å². The van der Waals surface area contributed by atoms with E-state index in [0.29, 0.717) is 24.7 Å². The molecule has 1 saturated heterocycles. The zero-order chi connectivity index (χ0) is 21.7. The number of thiazole rings is 1. The summed E-state index contributed by atoms with van der Waals surface area (Å²) in [5, 5.41) is 8.92. The van der Waals surface area contributed by atoms with E-state index in [1.165, 1.54) is 11.3 Å². The Bertz CT molecular complexity index is 851. The number of carbonyl (C=O) groups excluding carboxylic acids is 1. The van der Waals surface area contributed by atoms with Crippen LogP contribution in [0.3, 0.4) is 0 Å². The minimum absolute atomic E-state index is 0.0111. The smallest absolute Gasteiger partial charge is 0.475 e. The third-order valence-electron chi connectivity index (χ3n) is 4.60. The minimum atomic E-state index is -5.08. The van der Waals surface area contributed by atoms with Gasteiger partial charge in [0.25, 0.3) is 5.91 Å². The molecule has 2 aromatic rings. The molecular weight excluding hydrogens is 427 g/mol. The lowest BCUT2D eigenvalue weighted by Gasteiger charge is -2.38. The van der Waals surface area contributed by atoms with Crippen LogP contribution in [0, 0.1) is 0 Å². The fourth-order valence-corrected chi connectivity index (χ4v) is 3.86. The lowest BCUT2D eigenvalue weighted by Crippen LogP contribution is -2.54. The number of nitrogens with zero attached hydrogens (tertiary/aromatic N) is 3. The van der Waals surface area contributed by atoms with Crippen LogP contribution in [0.5, 0.6) is 5.88 Å². The number of aromatic nitrogens is 2. The Labute approximate surface area is 173 Å². The van der Waals surface area contributed by atoms with Gasteiger partial charge in [-0.15, -0.1) is 11.3 Å². The molecule has 2 aliphatic rings. The number of ether oxygens (including phenoxy) is 2. The second-order valence-corrected chi connectivity index (χ2v) is 7.20. The number of carbonyl (C=O) groups is 2. The van der Waals surface area contributed by atoms with Gasteiger partial charge in [-0.05, 0) is 18.9 Å². The summed E-state index contributed by atoms with van der Waals surface area (Å²) in [5.41, 5.74) is 2.21. The summed E-state index contributed by atoms with van der Waals surface area (Å²) in [6, 6.07) is 5.64. The van der Waals surface area contributed by atoms with Crippen LogP contribution in [-0.4, -0.2) is 69.4 Å². The van der Waals surface area contributed by atoms with Gasteiger partial charge in [-0.2, -0.15) is 13.2 Å². The van der Waals surface area contributed by atoms with Crippen molar-refractivity contribution in [1.82, 2.24) is 14.9 Å². The van der Waals surface area contributed by atoms with E-state index in [2.05, 4.69) is 9.97 Å². The van der Waals surface area contributed by atoms with Gasteiger partial charge < -0.3 is 19.5 Å². The van der Waals surface area contributed by atoms with Crippen LogP contribution >= 0.6 is 11.3 Å². The van der Waals surface area contributed by atoms with Crippen molar-refractivity contribution in [3.63, 3.8) is 0 Å². The van der Waals surface area contributed by atoms with Crippen molar-refractivity contribution in [2.75, 3.05) is 13.2 Å². The number of amides is 1. The predicted octanol–water partition coefficient (Wildman–Crippen LogP) is 2.62. The van der Waals surface area contributed by atoms with E-state index in [0.717, 1.165) is 12.8 Å². The Kier molecular flexibility index (Phi) is 6.87. The Morgan fingerprint density at radius 2 is 2.03 bits per heavy atom. The summed E-state index contributed by atoms with van der Waals surface area (Å²) in [6.07, 6.45) is -1.82. The van der Waals surface area contributed by atoms with Crippen LogP contribution in [0.1, 0.15) is 23.3 Å². The number of alkyl halides is 3. The molecule has 3 heterocycles.